The van der Waals surface area contributed by atoms with Crippen LogP contribution in [0, 0.1) is 18.3 Å². The van der Waals surface area contributed by atoms with E-state index in [1.165, 1.54) is 11.8 Å². The Hall–Kier alpha value is -3.11. The third-order valence-electron chi connectivity index (χ3n) is 3.81. The number of carbonyl (C=O) groups excluding carboxylic acids is 1. The summed E-state index contributed by atoms with van der Waals surface area (Å²) in [6.07, 6.45) is 0.267. The minimum absolute atomic E-state index is 0.114. The van der Waals surface area contributed by atoms with E-state index in [1.54, 1.807) is 4.90 Å². The molecule has 0 N–H and O–H groups in total. The topological polar surface area (TPSA) is 83.0 Å². The maximum Gasteiger partial charge on any atom is 0.277 e. The van der Waals surface area contributed by atoms with Gasteiger partial charge >= 0.3 is 0 Å². The van der Waals surface area contributed by atoms with Crippen molar-refractivity contribution in [3.63, 3.8) is 0 Å². The Kier molecular flexibility index (Phi) is 6.23. The van der Waals surface area contributed by atoms with E-state index in [9.17, 15) is 4.79 Å². The molecule has 0 saturated heterocycles. The first-order valence-electron chi connectivity index (χ1n) is 8.43. The van der Waals surface area contributed by atoms with Crippen LogP contribution in [-0.4, -0.2) is 28.4 Å². The molecule has 27 heavy (non-hydrogen) atoms. The van der Waals surface area contributed by atoms with Crippen molar-refractivity contribution in [1.82, 2.24) is 10.2 Å². The van der Waals surface area contributed by atoms with Crippen molar-refractivity contribution in [3.05, 3.63) is 60.2 Å². The summed E-state index contributed by atoms with van der Waals surface area (Å²) in [5.74, 6) is 0.463. The third kappa shape index (κ3) is 4.96. The van der Waals surface area contributed by atoms with Gasteiger partial charge in [-0.25, -0.2) is 0 Å². The summed E-state index contributed by atoms with van der Waals surface area (Å²) in [4.78, 5) is 14.3. The molecule has 1 amide bonds. The molecule has 0 aliphatic rings. The van der Waals surface area contributed by atoms with Crippen LogP contribution in [-0.2, 0) is 4.79 Å². The fourth-order valence-electron chi connectivity index (χ4n) is 2.53. The lowest BCUT2D eigenvalue weighted by Gasteiger charge is -2.21. The molecule has 7 heteroatoms. The minimum atomic E-state index is -0.114. The summed E-state index contributed by atoms with van der Waals surface area (Å²) in [6, 6.07) is 19.2. The SMILES string of the molecule is Cc1cccc(-c2nnc(SCC(=O)N(CCC#N)c3ccccc3)o2)c1. The molecular weight excluding hydrogens is 360 g/mol. The quantitative estimate of drug-likeness (QED) is 0.576. The maximum absolute atomic E-state index is 12.7. The average Bonchev–Trinajstić information content (AvgIpc) is 3.17. The number of carbonyl (C=O) groups is 1. The number of thioether (sulfide) groups is 1. The lowest BCUT2D eigenvalue weighted by molar-refractivity contribution is -0.116. The molecule has 0 unspecified atom stereocenters. The van der Waals surface area contributed by atoms with Crippen molar-refractivity contribution in [2.24, 2.45) is 0 Å². The molecule has 2 aromatic carbocycles. The molecule has 0 spiro atoms. The van der Waals surface area contributed by atoms with Crippen molar-refractivity contribution >= 4 is 23.4 Å². The Morgan fingerprint density at radius 3 is 2.74 bits per heavy atom. The summed E-state index contributed by atoms with van der Waals surface area (Å²) >= 11 is 1.19. The lowest BCUT2D eigenvalue weighted by Crippen LogP contribution is -2.33. The van der Waals surface area contributed by atoms with Crippen molar-refractivity contribution in [2.45, 2.75) is 18.6 Å². The molecule has 0 aliphatic heterocycles. The van der Waals surface area contributed by atoms with E-state index in [2.05, 4.69) is 16.3 Å². The highest BCUT2D eigenvalue weighted by Crippen LogP contribution is 2.24. The third-order valence-corrected chi connectivity index (χ3v) is 4.61. The fraction of sp³-hybridized carbons (Fsp3) is 0.200. The Morgan fingerprint density at radius 1 is 1.19 bits per heavy atom. The first-order chi connectivity index (χ1) is 13.2. The van der Waals surface area contributed by atoms with Crippen LogP contribution in [0.5, 0.6) is 0 Å². The zero-order valence-corrected chi connectivity index (χ0v) is 15.6. The van der Waals surface area contributed by atoms with E-state index in [4.69, 9.17) is 9.68 Å². The van der Waals surface area contributed by atoms with Crippen LogP contribution in [0.15, 0.2) is 64.2 Å². The summed E-state index contributed by atoms with van der Waals surface area (Å²) in [7, 11) is 0. The van der Waals surface area contributed by atoms with E-state index in [-0.39, 0.29) is 18.1 Å². The van der Waals surface area contributed by atoms with E-state index in [0.717, 1.165) is 16.8 Å². The van der Waals surface area contributed by atoms with Gasteiger partial charge in [0.05, 0.1) is 18.2 Å². The number of para-hydroxylation sites is 1. The van der Waals surface area contributed by atoms with Gasteiger partial charge in [0.2, 0.25) is 11.8 Å². The number of anilines is 1. The van der Waals surface area contributed by atoms with Crippen molar-refractivity contribution in [3.8, 4) is 17.5 Å². The van der Waals surface area contributed by atoms with Gasteiger partial charge in [0.25, 0.3) is 5.22 Å². The zero-order valence-electron chi connectivity index (χ0n) is 14.8. The number of aryl methyl sites for hydroxylation is 1. The second-order valence-corrected chi connectivity index (χ2v) is 6.75. The molecule has 0 atom stereocenters. The van der Waals surface area contributed by atoms with Gasteiger partial charge in [0.1, 0.15) is 0 Å². The van der Waals surface area contributed by atoms with E-state index >= 15 is 0 Å². The molecule has 136 valence electrons. The van der Waals surface area contributed by atoms with Gasteiger partial charge in [-0.3, -0.25) is 4.79 Å². The normalized spacial score (nSPS) is 10.4. The first-order valence-corrected chi connectivity index (χ1v) is 9.41. The second-order valence-electron chi connectivity index (χ2n) is 5.82. The highest BCUT2D eigenvalue weighted by Gasteiger charge is 2.17. The summed E-state index contributed by atoms with van der Waals surface area (Å²) in [5, 5.41) is 17.3. The molecule has 0 saturated carbocycles. The Morgan fingerprint density at radius 2 is 2.00 bits per heavy atom. The molecular formula is C20H18N4O2S. The highest BCUT2D eigenvalue weighted by molar-refractivity contribution is 7.99. The lowest BCUT2D eigenvalue weighted by atomic mass is 10.1. The standard InChI is InChI=1S/C20H18N4O2S/c1-15-7-5-8-16(13-15)19-22-23-20(26-19)27-14-18(25)24(12-6-11-21)17-9-3-2-4-10-17/h2-5,7-10,13H,6,12,14H2,1H3. The number of nitriles is 1. The van der Waals surface area contributed by atoms with Crippen LogP contribution in [0.1, 0.15) is 12.0 Å². The maximum atomic E-state index is 12.7. The van der Waals surface area contributed by atoms with E-state index in [0.29, 0.717) is 17.7 Å². The summed E-state index contributed by atoms with van der Waals surface area (Å²) in [5.41, 5.74) is 2.72. The summed E-state index contributed by atoms with van der Waals surface area (Å²) < 4.78 is 5.66. The van der Waals surface area contributed by atoms with Crippen LogP contribution in [0.25, 0.3) is 11.5 Å². The number of hydrogen-bond donors (Lipinski definition) is 0. The Labute approximate surface area is 161 Å². The smallest absolute Gasteiger partial charge is 0.277 e. The van der Waals surface area contributed by atoms with Crippen LogP contribution >= 0.6 is 11.8 Å². The molecule has 6 nitrogen and oxygen atoms in total. The predicted octanol–water partition coefficient (Wildman–Crippen LogP) is 4.08. The monoisotopic (exact) mass is 378 g/mol. The number of hydrogen-bond acceptors (Lipinski definition) is 6. The highest BCUT2D eigenvalue weighted by atomic mass is 32.2. The molecule has 3 rings (SSSR count). The Bertz CT molecular complexity index is 950. The number of nitrogens with zero attached hydrogens (tertiary/aromatic N) is 4. The van der Waals surface area contributed by atoms with Gasteiger partial charge in [-0.15, -0.1) is 10.2 Å². The van der Waals surface area contributed by atoms with E-state index in [1.807, 2.05) is 61.5 Å². The zero-order chi connectivity index (χ0) is 19.1. The molecule has 0 bridgehead atoms. The minimum Gasteiger partial charge on any atom is -0.411 e. The van der Waals surface area contributed by atoms with Gasteiger partial charge in [-0.05, 0) is 31.2 Å². The fourth-order valence-corrected chi connectivity index (χ4v) is 3.17. The largest absolute Gasteiger partial charge is 0.411 e. The predicted molar refractivity (Wildman–Crippen MR) is 104 cm³/mol. The van der Waals surface area contributed by atoms with Gasteiger partial charge in [-0.1, -0.05) is 47.7 Å². The number of amides is 1. The van der Waals surface area contributed by atoms with Gasteiger partial charge in [-0.2, -0.15) is 5.26 Å². The average molecular weight is 378 g/mol. The molecule has 0 fully saturated rings. The first kappa shape index (κ1) is 18.7. The molecule has 0 radical (unpaired) electrons. The van der Waals surface area contributed by atoms with Crippen LogP contribution in [0.2, 0.25) is 0 Å². The Balaban J connectivity index is 1.66. The van der Waals surface area contributed by atoms with Crippen molar-refractivity contribution in [1.29, 1.82) is 5.26 Å². The number of benzene rings is 2. The number of aromatic nitrogens is 2. The molecule has 1 aromatic heterocycles. The van der Waals surface area contributed by atoms with Crippen molar-refractivity contribution in [2.75, 3.05) is 17.2 Å². The van der Waals surface area contributed by atoms with Crippen LogP contribution in [0.4, 0.5) is 5.69 Å². The molecule has 0 aliphatic carbocycles. The second kappa shape index (κ2) is 9.01. The molecule has 1 heterocycles. The van der Waals surface area contributed by atoms with Gasteiger partial charge < -0.3 is 9.32 Å². The van der Waals surface area contributed by atoms with Gasteiger partial charge in [0.15, 0.2) is 0 Å². The van der Waals surface area contributed by atoms with E-state index < -0.39 is 0 Å². The molecule has 3 aromatic rings. The van der Waals surface area contributed by atoms with Gasteiger partial charge in [0, 0.05) is 17.8 Å². The summed E-state index contributed by atoms with van der Waals surface area (Å²) in [6.45, 7) is 2.34. The van der Waals surface area contributed by atoms with Crippen LogP contribution < -0.4 is 4.90 Å². The number of rotatable bonds is 7. The van der Waals surface area contributed by atoms with Crippen LogP contribution in [0.3, 0.4) is 0 Å². The van der Waals surface area contributed by atoms with Crippen molar-refractivity contribution < 1.29 is 9.21 Å².